The van der Waals surface area contributed by atoms with Crippen molar-refractivity contribution in [3.63, 3.8) is 0 Å². The van der Waals surface area contributed by atoms with Gasteiger partial charge in [0.25, 0.3) is 0 Å². The fourth-order valence-corrected chi connectivity index (χ4v) is 3.50. The Morgan fingerprint density at radius 1 is 1.25 bits per heavy atom. The molecule has 1 nitrogen and oxygen atoms in total. The Morgan fingerprint density at radius 3 is 2.75 bits per heavy atom. The maximum absolute atomic E-state index is 14.0. The lowest BCUT2D eigenvalue weighted by Gasteiger charge is -2.14. The average molecular weight is 312 g/mol. The third kappa shape index (κ3) is 3.40. The van der Waals surface area contributed by atoms with Crippen molar-refractivity contribution in [1.82, 2.24) is 5.32 Å². The van der Waals surface area contributed by atoms with E-state index in [4.69, 9.17) is 11.6 Å². The van der Waals surface area contributed by atoms with Crippen molar-refractivity contribution in [1.29, 1.82) is 0 Å². The quantitative estimate of drug-likeness (QED) is 0.726. The van der Waals surface area contributed by atoms with Crippen molar-refractivity contribution in [3.05, 3.63) is 46.0 Å². The van der Waals surface area contributed by atoms with Crippen LogP contribution in [0.3, 0.4) is 0 Å². The molecule has 1 atom stereocenters. The predicted molar refractivity (Wildman–Crippen MR) is 86.0 cm³/mol. The molecule has 0 amide bonds. The van der Waals surface area contributed by atoms with Gasteiger partial charge in [-0.05, 0) is 37.6 Å². The first-order valence-electron chi connectivity index (χ1n) is 6.94. The summed E-state index contributed by atoms with van der Waals surface area (Å²) in [6.45, 7) is 5.31. The number of hydrogen-bond acceptors (Lipinski definition) is 2. The zero-order valence-corrected chi connectivity index (χ0v) is 13.3. The highest BCUT2D eigenvalue weighted by atomic mass is 35.5. The maximum Gasteiger partial charge on any atom is 0.150 e. The van der Waals surface area contributed by atoms with E-state index in [-0.39, 0.29) is 10.8 Å². The molecule has 0 bridgehead atoms. The molecular weight excluding hydrogens is 293 g/mol. The van der Waals surface area contributed by atoms with Crippen LogP contribution in [0.15, 0.2) is 30.3 Å². The number of rotatable bonds is 6. The van der Waals surface area contributed by atoms with Crippen molar-refractivity contribution in [2.24, 2.45) is 0 Å². The topological polar surface area (TPSA) is 12.0 Å². The predicted octanol–water partition coefficient (Wildman–Crippen LogP) is 5.66. The average Bonchev–Trinajstić information content (AvgIpc) is 2.92. The van der Waals surface area contributed by atoms with Gasteiger partial charge in [0, 0.05) is 21.4 Å². The summed E-state index contributed by atoms with van der Waals surface area (Å²) in [5.41, 5.74) is 0.582. The zero-order chi connectivity index (χ0) is 14.5. The fraction of sp³-hybridized carbons (Fsp3) is 0.375. The second-order valence-electron chi connectivity index (χ2n) is 4.72. The monoisotopic (exact) mass is 311 g/mol. The van der Waals surface area contributed by atoms with Gasteiger partial charge in [0.1, 0.15) is 5.82 Å². The number of halogens is 2. The first-order valence-corrected chi connectivity index (χ1v) is 8.14. The molecule has 0 spiro atoms. The smallest absolute Gasteiger partial charge is 0.150 e. The normalized spacial score (nSPS) is 12.6. The fourth-order valence-electron chi connectivity index (χ4n) is 2.14. The third-order valence-electron chi connectivity index (χ3n) is 3.24. The van der Waals surface area contributed by atoms with Gasteiger partial charge < -0.3 is 5.32 Å². The summed E-state index contributed by atoms with van der Waals surface area (Å²) in [4.78, 5) is 2.17. The van der Waals surface area contributed by atoms with Gasteiger partial charge >= 0.3 is 0 Å². The van der Waals surface area contributed by atoms with E-state index in [1.807, 2.05) is 6.07 Å². The van der Waals surface area contributed by atoms with Gasteiger partial charge in [-0.1, -0.05) is 37.6 Å². The van der Waals surface area contributed by atoms with Crippen LogP contribution in [-0.4, -0.2) is 6.54 Å². The molecule has 0 saturated carbocycles. The Kier molecular flexibility index (Phi) is 5.58. The van der Waals surface area contributed by atoms with Gasteiger partial charge in [-0.2, -0.15) is 0 Å². The summed E-state index contributed by atoms with van der Waals surface area (Å²) < 4.78 is 14.0. The summed E-state index contributed by atoms with van der Waals surface area (Å²) in [5, 5.41) is 3.69. The van der Waals surface area contributed by atoms with E-state index in [2.05, 4.69) is 25.2 Å². The summed E-state index contributed by atoms with van der Waals surface area (Å²) in [6, 6.07) is 9.54. The van der Waals surface area contributed by atoms with Gasteiger partial charge in [0.2, 0.25) is 0 Å². The number of benzene rings is 1. The van der Waals surface area contributed by atoms with Crippen molar-refractivity contribution in [2.45, 2.75) is 32.7 Å². The second kappa shape index (κ2) is 7.21. The highest BCUT2D eigenvalue weighted by Crippen LogP contribution is 2.35. The standard InChI is InChI=1S/C16H19ClFNS/c1-3-10-19-13(4-2)15-9-8-14(20-15)11-6-5-7-12(17)16(11)18/h5-9,13,19H,3-4,10H2,1-2H3. The Hall–Kier alpha value is -0.900. The van der Waals surface area contributed by atoms with Crippen LogP contribution in [0.4, 0.5) is 4.39 Å². The first kappa shape index (κ1) is 15.5. The van der Waals surface area contributed by atoms with Crippen LogP contribution >= 0.6 is 22.9 Å². The minimum absolute atomic E-state index is 0.175. The molecule has 0 radical (unpaired) electrons. The molecule has 1 aromatic heterocycles. The number of thiophene rings is 1. The van der Waals surface area contributed by atoms with E-state index in [0.29, 0.717) is 11.6 Å². The number of nitrogens with one attached hydrogen (secondary N) is 1. The van der Waals surface area contributed by atoms with Crippen LogP contribution in [-0.2, 0) is 0 Å². The zero-order valence-electron chi connectivity index (χ0n) is 11.7. The van der Waals surface area contributed by atoms with Crippen molar-refractivity contribution in [3.8, 4) is 10.4 Å². The lowest BCUT2D eigenvalue weighted by atomic mass is 10.1. The van der Waals surface area contributed by atoms with E-state index in [1.54, 1.807) is 29.5 Å². The van der Waals surface area contributed by atoms with E-state index in [1.165, 1.54) is 4.88 Å². The van der Waals surface area contributed by atoms with Gasteiger partial charge in [-0.15, -0.1) is 11.3 Å². The van der Waals surface area contributed by atoms with E-state index < -0.39 is 0 Å². The van der Waals surface area contributed by atoms with E-state index in [9.17, 15) is 4.39 Å². The third-order valence-corrected chi connectivity index (χ3v) is 4.76. The molecule has 1 heterocycles. The van der Waals surface area contributed by atoms with Crippen LogP contribution in [0.1, 0.15) is 37.6 Å². The summed E-state index contributed by atoms with van der Waals surface area (Å²) in [5.74, 6) is -0.336. The molecule has 0 fully saturated rings. The van der Waals surface area contributed by atoms with E-state index in [0.717, 1.165) is 24.3 Å². The van der Waals surface area contributed by atoms with Crippen LogP contribution in [0.25, 0.3) is 10.4 Å². The molecule has 2 rings (SSSR count). The molecule has 108 valence electrons. The Labute approximate surface area is 128 Å². The van der Waals surface area contributed by atoms with Crippen LogP contribution in [0.5, 0.6) is 0 Å². The van der Waals surface area contributed by atoms with Gasteiger partial charge in [-0.3, -0.25) is 0 Å². The summed E-state index contributed by atoms with van der Waals surface area (Å²) in [7, 11) is 0. The second-order valence-corrected chi connectivity index (χ2v) is 6.24. The Bertz CT molecular complexity index is 567. The molecule has 1 unspecified atom stereocenters. The minimum atomic E-state index is -0.336. The summed E-state index contributed by atoms with van der Waals surface area (Å²) in [6.07, 6.45) is 2.13. The maximum atomic E-state index is 14.0. The molecule has 0 aliphatic heterocycles. The largest absolute Gasteiger partial charge is 0.309 e. The van der Waals surface area contributed by atoms with Crippen LogP contribution < -0.4 is 5.32 Å². The lowest BCUT2D eigenvalue weighted by molar-refractivity contribution is 0.525. The molecule has 0 aliphatic rings. The molecule has 2 aromatic rings. The molecule has 4 heteroatoms. The molecule has 1 aromatic carbocycles. The van der Waals surface area contributed by atoms with E-state index >= 15 is 0 Å². The van der Waals surface area contributed by atoms with Gasteiger partial charge in [0.15, 0.2) is 0 Å². The van der Waals surface area contributed by atoms with Crippen molar-refractivity contribution < 1.29 is 4.39 Å². The van der Waals surface area contributed by atoms with Crippen molar-refractivity contribution >= 4 is 22.9 Å². The van der Waals surface area contributed by atoms with Crippen LogP contribution in [0.2, 0.25) is 5.02 Å². The molecule has 0 saturated heterocycles. The Morgan fingerprint density at radius 2 is 2.05 bits per heavy atom. The Balaban J connectivity index is 2.26. The molecule has 0 aliphatic carbocycles. The molecule has 20 heavy (non-hydrogen) atoms. The van der Waals surface area contributed by atoms with Gasteiger partial charge in [0.05, 0.1) is 5.02 Å². The summed E-state index contributed by atoms with van der Waals surface area (Å²) >= 11 is 7.48. The number of hydrogen-bond donors (Lipinski definition) is 1. The minimum Gasteiger partial charge on any atom is -0.309 e. The highest BCUT2D eigenvalue weighted by molar-refractivity contribution is 7.15. The molecule has 1 N–H and O–H groups in total. The van der Waals surface area contributed by atoms with Gasteiger partial charge in [-0.25, -0.2) is 4.39 Å². The first-order chi connectivity index (χ1) is 9.67. The lowest BCUT2D eigenvalue weighted by Crippen LogP contribution is -2.20. The SMILES string of the molecule is CCCNC(CC)c1ccc(-c2cccc(Cl)c2F)s1. The molecular formula is C16H19ClFNS. The highest BCUT2D eigenvalue weighted by Gasteiger charge is 2.14. The van der Waals surface area contributed by atoms with Crippen LogP contribution in [0, 0.1) is 5.82 Å². The van der Waals surface area contributed by atoms with Crippen molar-refractivity contribution in [2.75, 3.05) is 6.54 Å².